The van der Waals surface area contributed by atoms with E-state index in [9.17, 15) is 14.5 Å². The lowest BCUT2D eigenvalue weighted by Gasteiger charge is -2.34. The van der Waals surface area contributed by atoms with E-state index < -0.39 is 4.92 Å². The summed E-state index contributed by atoms with van der Waals surface area (Å²) < 4.78 is 14.6. The number of piperazine rings is 1. The van der Waals surface area contributed by atoms with Crippen molar-refractivity contribution in [1.29, 1.82) is 0 Å². The van der Waals surface area contributed by atoms with Crippen LogP contribution in [0.5, 0.6) is 0 Å². The van der Waals surface area contributed by atoms with E-state index in [0.29, 0.717) is 18.0 Å². The fraction of sp³-hybridized carbons (Fsp3) is 0.294. The average Bonchev–Trinajstić information content (AvgIpc) is 3.06. The Hall–Kier alpha value is -3.07. The van der Waals surface area contributed by atoms with E-state index in [4.69, 9.17) is 0 Å². The molecule has 0 bridgehead atoms. The fourth-order valence-corrected chi connectivity index (χ4v) is 3.17. The SMILES string of the molecule is O=[N+]([O-])c1cnc2ccc(N3CCN(Cc4cccc(F)c4)CC3)nn12. The van der Waals surface area contributed by atoms with Gasteiger partial charge in [0.25, 0.3) is 0 Å². The van der Waals surface area contributed by atoms with Gasteiger partial charge >= 0.3 is 5.82 Å². The number of aromatic nitrogens is 3. The van der Waals surface area contributed by atoms with Crippen molar-refractivity contribution in [2.45, 2.75) is 6.54 Å². The van der Waals surface area contributed by atoms with Gasteiger partial charge in [0.2, 0.25) is 5.65 Å². The summed E-state index contributed by atoms with van der Waals surface area (Å²) in [4.78, 5) is 18.9. The minimum atomic E-state index is -0.492. The third-order valence-corrected chi connectivity index (χ3v) is 4.51. The predicted molar refractivity (Wildman–Crippen MR) is 93.5 cm³/mol. The molecule has 9 heteroatoms. The zero-order valence-electron chi connectivity index (χ0n) is 14.0. The van der Waals surface area contributed by atoms with Crippen LogP contribution >= 0.6 is 0 Å². The van der Waals surface area contributed by atoms with Gasteiger partial charge in [-0.1, -0.05) is 21.7 Å². The highest BCUT2D eigenvalue weighted by atomic mass is 19.1. The summed E-state index contributed by atoms with van der Waals surface area (Å²) in [6.45, 7) is 3.81. The molecular formula is C17H17FN6O2. The molecule has 1 aromatic carbocycles. The molecule has 0 radical (unpaired) electrons. The van der Waals surface area contributed by atoms with Crippen LogP contribution in [0.1, 0.15) is 5.56 Å². The van der Waals surface area contributed by atoms with Crippen LogP contribution in [0.15, 0.2) is 42.6 Å². The first-order valence-corrected chi connectivity index (χ1v) is 8.31. The molecule has 4 rings (SSSR count). The molecular weight excluding hydrogens is 339 g/mol. The molecule has 0 unspecified atom stereocenters. The molecule has 2 aromatic heterocycles. The molecule has 0 saturated carbocycles. The smallest absolute Gasteiger partial charge is 0.358 e. The largest absolute Gasteiger partial charge is 0.368 e. The van der Waals surface area contributed by atoms with Gasteiger partial charge in [-0.15, -0.1) is 0 Å². The normalized spacial score (nSPS) is 15.5. The predicted octanol–water partition coefficient (Wildman–Crippen LogP) is 2.10. The van der Waals surface area contributed by atoms with Gasteiger partial charge in [0.1, 0.15) is 12.0 Å². The number of halogens is 1. The van der Waals surface area contributed by atoms with Crippen LogP contribution in [0.2, 0.25) is 0 Å². The van der Waals surface area contributed by atoms with Gasteiger partial charge in [-0.2, -0.15) is 0 Å². The van der Waals surface area contributed by atoms with Gasteiger partial charge in [-0.05, 0) is 28.7 Å². The summed E-state index contributed by atoms with van der Waals surface area (Å²) in [5.74, 6) is 0.316. The van der Waals surface area contributed by atoms with Crippen LogP contribution in [0.3, 0.4) is 0 Å². The van der Waals surface area contributed by atoms with Gasteiger partial charge in [-0.25, -0.2) is 9.37 Å². The van der Waals surface area contributed by atoms with Crippen LogP contribution in [-0.4, -0.2) is 50.6 Å². The number of nitro groups is 1. The lowest BCUT2D eigenvalue weighted by Crippen LogP contribution is -2.46. The number of rotatable bonds is 4. The van der Waals surface area contributed by atoms with E-state index in [2.05, 4.69) is 19.9 Å². The van der Waals surface area contributed by atoms with E-state index >= 15 is 0 Å². The van der Waals surface area contributed by atoms with Crippen LogP contribution in [0.4, 0.5) is 16.0 Å². The third-order valence-electron chi connectivity index (χ3n) is 4.51. The van der Waals surface area contributed by atoms with Crippen molar-refractivity contribution in [3.8, 4) is 0 Å². The van der Waals surface area contributed by atoms with Crippen LogP contribution in [0, 0.1) is 15.9 Å². The maximum absolute atomic E-state index is 13.3. The molecule has 1 aliphatic rings. The average molecular weight is 356 g/mol. The number of fused-ring (bicyclic) bond motifs is 1. The molecule has 0 N–H and O–H groups in total. The molecule has 1 fully saturated rings. The minimum Gasteiger partial charge on any atom is -0.358 e. The maximum atomic E-state index is 13.3. The maximum Gasteiger partial charge on any atom is 0.368 e. The van der Waals surface area contributed by atoms with E-state index in [1.807, 2.05) is 12.1 Å². The molecule has 1 aliphatic heterocycles. The molecule has 1 saturated heterocycles. The third kappa shape index (κ3) is 3.21. The second kappa shape index (κ2) is 6.68. The number of anilines is 1. The Balaban J connectivity index is 1.45. The van der Waals surface area contributed by atoms with Crippen LogP contribution in [0.25, 0.3) is 5.65 Å². The highest BCUT2D eigenvalue weighted by Gasteiger charge is 2.22. The summed E-state index contributed by atoms with van der Waals surface area (Å²) in [5, 5.41) is 15.4. The Kier molecular flexibility index (Phi) is 4.21. The topological polar surface area (TPSA) is 79.8 Å². The van der Waals surface area contributed by atoms with Crippen molar-refractivity contribution in [3.63, 3.8) is 0 Å². The zero-order valence-corrected chi connectivity index (χ0v) is 14.0. The lowest BCUT2D eigenvalue weighted by molar-refractivity contribution is -0.391. The molecule has 3 aromatic rings. The van der Waals surface area contributed by atoms with E-state index in [1.165, 1.54) is 16.8 Å². The molecule has 134 valence electrons. The van der Waals surface area contributed by atoms with Crippen molar-refractivity contribution in [2.75, 3.05) is 31.1 Å². The Bertz CT molecular complexity index is 951. The number of nitrogens with zero attached hydrogens (tertiary/aromatic N) is 6. The first-order valence-electron chi connectivity index (χ1n) is 8.31. The second-order valence-electron chi connectivity index (χ2n) is 6.23. The summed E-state index contributed by atoms with van der Waals surface area (Å²) in [7, 11) is 0. The van der Waals surface area contributed by atoms with Gasteiger partial charge in [-0.3, -0.25) is 4.90 Å². The summed E-state index contributed by atoms with van der Waals surface area (Å²) >= 11 is 0. The summed E-state index contributed by atoms with van der Waals surface area (Å²) in [6.07, 6.45) is 1.21. The monoisotopic (exact) mass is 356 g/mol. The van der Waals surface area contributed by atoms with E-state index in [0.717, 1.165) is 31.7 Å². The van der Waals surface area contributed by atoms with Crippen molar-refractivity contribution in [1.82, 2.24) is 19.5 Å². The van der Waals surface area contributed by atoms with Crippen LogP contribution < -0.4 is 4.90 Å². The zero-order chi connectivity index (χ0) is 18.1. The molecule has 0 spiro atoms. The van der Waals surface area contributed by atoms with Crippen molar-refractivity contribution >= 4 is 17.3 Å². The second-order valence-corrected chi connectivity index (χ2v) is 6.23. The van der Waals surface area contributed by atoms with Gasteiger partial charge in [0, 0.05) is 38.8 Å². The highest BCUT2D eigenvalue weighted by Crippen LogP contribution is 2.19. The van der Waals surface area contributed by atoms with E-state index in [-0.39, 0.29) is 11.6 Å². The Labute approximate surface area is 148 Å². The molecule has 0 atom stereocenters. The van der Waals surface area contributed by atoms with Crippen molar-refractivity contribution < 1.29 is 9.31 Å². The van der Waals surface area contributed by atoms with Crippen molar-refractivity contribution in [3.05, 3.63) is 64.1 Å². The van der Waals surface area contributed by atoms with Crippen LogP contribution in [-0.2, 0) is 6.54 Å². The lowest BCUT2D eigenvalue weighted by atomic mass is 10.2. The number of imidazole rings is 1. The molecule has 0 amide bonds. The quantitative estimate of drug-likeness (QED) is 0.526. The number of hydrogen-bond acceptors (Lipinski definition) is 6. The first-order chi connectivity index (χ1) is 12.6. The summed E-state index contributed by atoms with van der Waals surface area (Å²) in [6, 6.07) is 10.2. The van der Waals surface area contributed by atoms with Gasteiger partial charge in [0.05, 0.1) is 0 Å². The van der Waals surface area contributed by atoms with E-state index in [1.54, 1.807) is 18.2 Å². The Morgan fingerprint density at radius 2 is 1.96 bits per heavy atom. The molecule has 0 aliphatic carbocycles. The Morgan fingerprint density at radius 3 is 2.69 bits per heavy atom. The van der Waals surface area contributed by atoms with Crippen molar-refractivity contribution in [2.24, 2.45) is 0 Å². The minimum absolute atomic E-state index is 0.147. The number of hydrogen-bond donors (Lipinski definition) is 0. The van der Waals surface area contributed by atoms with Gasteiger partial charge < -0.3 is 15.0 Å². The molecule has 26 heavy (non-hydrogen) atoms. The standard InChI is InChI=1S/C17H17FN6O2/c18-14-3-1-2-13(10-14)12-21-6-8-22(9-7-21)16-5-4-15-19-11-17(24(25)26)23(15)20-16/h1-5,10-11H,6-9,12H2. The number of benzene rings is 1. The summed E-state index contributed by atoms with van der Waals surface area (Å²) in [5.41, 5.74) is 1.40. The highest BCUT2D eigenvalue weighted by molar-refractivity contribution is 5.49. The Morgan fingerprint density at radius 1 is 1.15 bits per heavy atom. The fourth-order valence-electron chi connectivity index (χ4n) is 3.17. The molecule has 3 heterocycles. The molecule has 8 nitrogen and oxygen atoms in total. The van der Waals surface area contributed by atoms with Gasteiger partial charge in [0.15, 0.2) is 5.82 Å². The first kappa shape index (κ1) is 16.4.